The van der Waals surface area contributed by atoms with Crippen LogP contribution in [0.5, 0.6) is 0 Å². The number of carbonyl (C=O) groups excluding carboxylic acids is 1. The van der Waals surface area contributed by atoms with E-state index in [1.54, 1.807) is 0 Å². The lowest BCUT2D eigenvalue weighted by atomic mass is 10.0. The van der Waals surface area contributed by atoms with Crippen molar-refractivity contribution in [3.05, 3.63) is 0 Å². The largest absolute Gasteiger partial charge is 0.391 e. The third-order valence-corrected chi connectivity index (χ3v) is 4.65. The number of fused-ring (bicyclic) bond motifs is 1. The summed E-state index contributed by atoms with van der Waals surface area (Å²) < 4.78 is 0. The van der Waals surface area contributed by atoms with E-state index >= 15 is 0 Å². The summed E-state index contributed by atoms with van der Waals surface area (Å²) in [6, 6.07) is 0. The Morgan fingerprint density at radius 1 is 1.06 bits per heavy atom. The van der Waals surface area contributed by atoms with Crippen molar-refractivity contribution in [1.29, 1.82) is 0 Å². The Hall–Kier alpha value is -0.570. The van der Waals surface area contributed by atoms with E-state index in [1.807, 2.05) is 4.90 Å². The Morgan fingerprint density at radius 3 is 2.38 bits per heavy atom. The number of hydrogen-bond donors (Lipinski definition) is 1. The lowest BCUT2D eigenvalue weighted by molar-refractivity contribution is -0.136. The molecular weight excluding hydrogens is 202 g/mol. The molecule has 90 valence electrons. The molecule has 0 bridgehead atoms. The molecule has 0 radical (unpaired) electrons. The van der Waals surface area contributed by atoms with Crippen molar-refractivity contribution < 1.29 is 9.90 Å². The molecular formula is C13H21NO2. The van der Waals surface area contributed by atoms with E-state index in [9.17, 15) is 9.90 Å². The van der Waals surface area contributed by atoms with Crippen molar-refractivity contribution in [1.82, 2.24) is 4.90 Å². The van der Waals surface area contributed by atoms with Crippen molar-refractivity contribution >= 4 is 5.91 Å². The second kappa shape index (κ2) is 4.02. The number of aliphatic hydroxyl groups excluding tert-OH is 1. The molecule has 1 saturated heterocycles. The summed E-state index contributed by atoms with van der Waals surface area (Å²) in [6.07, 6.45) is 6.70. The number of nitrogens with zero attached hydrogens (tertiary/aromatic N) is 1. The molecule has 3 unspecified atom stereocenters. The number of aliphatic hydroxyl groups is 1. The lowest BCUT2D eigenvalue weighted by Gasteiger charge is -2.30. The Balaban J connectivity index is 1.61. The highest BCUT2D eigenvalue weighted by molar-refractivity contribution is 5.82. The van der Waals surface area contributed by atoms with Crippen LogP contribution in [0.25, 0.3) is 0 Å². The normalized spacial score (nSPS) is 42.7. The SMILES string of the molecule is O=C(C1C2CCCCC21)N1CCCC(O)C1. The second-order valence-corrected chi connectivity index (χ2v) is 5.72. The zero-order valence-electron chi connectivity index (χ0n) is 9.77. The first-order chi connectivity index (χ1) is 7.77. The summed E-state index contributed by atoms with van der Waals surface area (Å²) in [4.78, 5) is 14.2. The van der Waals surface area contributed by atoms with Gasteiger partial charge in [-0.1, -0.05) is 12.8 Å². The fraction of sp³-hybridized carbons (Fsp3) is 0.923. The zero-order chi connectivity index (χ0) is 11.1. The van der Waals surface area contributed by atoms with Gasteiger partial charge in [-0.3, -0.25) is 4.79 Å². The van der Waals surface area contributed by atoms with Gasteiger partial charge in [0.1, 0.15) is 0 Å². The molecule has 3 aliphatic rings. The van der Waals surface area contributed by atoms with Crippen LogP contribution in [0.15, 0.2) is 0 Å². The maximum atomic E-state index is 12.3. The van der Waals surface area contributed by atoms with Crippen LogP contribution >= 0.6 is 0 Å². The predicted octanol–water partition coefficient (Wildman–Crippen LogP) is 1.41. The van der Waals surface area contributed by atoms with Crippen molar-refractivity contribution in [3.63, 3.8) is 0 Å². The predicted molar refractivity (Wildman–Crippen MR) is 60.8 cm³/mol. The molecule has 3 rings (SSSR count). The van der Waals surface area contributed by atoms with Crippen molar-refractivity contribution in [2.75, 3.05) is 13.1 Å². The Labute approximate surface area is 96.8 Å². The Bertz CT molecular complexity index is 276. The van der Waals surface area contributed by atoms with E-state index in [2.05, 4.69) is 0 Å². The number of likely N-dealkylation sites (tertiary alicyclic amines) is 1. The van der Waals surface area contributed by atoms with E-state index < -0.39 is 0 Å². The average molecular weight is 223 g/mol. The van der Waals surface area contributed by atoms with E-state index in [0.717, 1.165) is 19.4 Å². The van der Waals surface area contributed by atoms with Crippen LogP contribution in [0, 0.1) is 17.8 Å². The number of piperidine rings is 1. The number of carbonyl (C=O) groups is 1. The Kier molecular flexibility index (Phi) is 2.66. The summed E-state index contributed by atoms with van der Waals surface area (Å²) in [5.74, 6) is 2.06. The van der Waals surface area contributed by atoms with Gasteiger partial charge >= 0.3 is 0 Å². The topological polar surface area (TPSA) is 40.5 Å². The standard InChI is InChI=1S/C13H21NO2/c15-9-4-3-7-14(8-9)13(16)12-10-5-1-2-6-11(10)12/h9-12,15H,1-8H2. The van der Waals surface area contributed by atoms with Crippen molar-refractivity contribution in [2.24, 2.45) is 17.8 Å². The first-order valence-electron chi connectivity index (χ1n) is 6.74. The zero-order valence-corrected chi connectivity index (χ0v) is 9.77. The molecule has 0 aromatic heterocycles. The highest BCUT2D eigenvalue weighted by Gasteiger charge is 2.55. The molecule has 2 aliphatic carbocycles. The quantitative estimate of drug-likeness (QED) is 0.730. The van der Waals surface area contributed by atoms with E-state index in [1.165, 1.54) is 25.7 Å². The van der Waals surface area contributed by atoms with Crippen molar-refractivity contribution in [3.8, 4) is 0 Å². The molecule has 1 N–H and O–H groups in total. The highest BCUT2D eigenvalue weighted by atomic mass is 16.3. The van der Waals surface area contributed by atoms with Crippen LogP contribution in [0.4, 0.5) is 0 Å². The van der Waals surface area contributed by atoms with Gasteiger partial charge in [-0.2, -0.15) is 0 Å². The molecule has 1 aliphatic heterocycles. The smallest absolute Gasteiger partial charge is 0.226 e. The van der Waals surface area contributed by atoms with Gasteiger partial charge in [0.15, 0.2) is 0 Å². The van der Waals surface area contributed by atoms with Crippen molar-refractivity contribution in [2.45, 2.75) is 44.6 Å². The van der Waals surface area contributed by atoms with Gasteiger partial charge < -0.3 is 10.0 Å². The van der Waals surface area contributed by atoms with Gasteiger partial charge in [-0.15, -0.1) is 0 Å². The van der Waals surface area contributed by atoms with Crippen LogP contribution < -0.4 is 0 Å². The second-order valence-electron chi connectivity index (χ2n) is 5.72. The maximum absolute atomic E-state index is 12.3. The molecule has 0 aromatic carbocycles. The van der Waals surface area contributed by atoms with Gasteiger partial charge in [0.2, 0.25) is 5.91 Å². The van der Waals surface area contributed by atoms with Crippen LogP contribution in [0.2, 0.25) is 0 Å². The third-order valence-electron chi connectivity index (χ3n) is 4.65. The maximum Gasteiger partial charge on any atom is 0.226 e. The minimum atomic E-state index is -0.279. The molecule has 3 nitrogen and oxygen atoms in total. The van der Waals surface area contributed by atoms with E-state index in [-0.39, 0.29) is 6.10 Å². The fourth-order valence-electron chi connectivity index (χ4n) is 3.72. The summed E-state index contributed by atoms with van der Waals surface area (Å²) in [6.45, 7) is 1.45. The van der Waals surface area contributed by atoms with Crippen LogP contribution in [0.3, 0.4) is 0 Å². The number of amides is 1. The number of rotatable bonds is 1. The van der Waals surface area contributed by atoms with Gasteiger partial charge in [-0.05, 0) is 37.5 Å². The molecule has 3 fully saturated rings. The van der Waals surface area contributed by atoms with E-state index in [0.29, 0.717) is 30.2 Å². The average Bonchev–Trinajstić information content (AvgIpc) is 3.02. The summed E-state index contributed by atoms with van der Waals surface area (Å²) in [5, 5.41) is 9.60. The molecule has 0 aromatic rings. The van der Waals surface area contributed by atoms with Gasteiger partial charge in [0.25, 0.3) is 0 Å². The lowest BCUT2D eigenvalue weighted by Crippen LogP contribution is -2.43. The van der Waals surface area contributed by atoms with Crippen LogP contribution in [-0.4, -0.2) is 35.1 Å². The van der Waals surface area contributed by atoms with Gasteiger partial charge in [0.05, 0.1) is 6.10 Å². The first kappa shape index (κ1) is 10.6. The molecule has 3 atom stereocenters. The minimum Gasteiger partial charge on any atom is -0.391 e. The monoisotopic (exact) mass is 223 g/mol. The Morgan fingerprint density at radius 2 is 1.75 bits per heavy atom. The van der Waals surface area contributed by atoms with Crippen LogP contribution in [0.1, 0.15) is 38.5 Å². The summed E-state index contributed by atoms with van der Waals surface area (Å²) in [7, 11) is 0. The fourth-order valence-corrected chi connectivity index (χ4v) is 3.72. The molecule has 3 heteroatoms. The first-order valence-corrected chi connectivity index (χ1v) is 6.74. The van der Waals surface area contributed by atoms with Gasteiger partial charge in [0, 0.05) is 19.0 Å². The number of hydrogen-bond acceptors (Lipinski definition) is 2. The third kappa shape index (κ3) is 1.75. The molecule has 1 heterocycles. The molecule has 0 spiro atoms. The molecule has 16 heavy (non-hydrogen) atoms. The van der Waals surface area contributed by atoms with Crippen LogP contribution in [-0.2, 0) is 4.79 Å². The summed E-state index contributed by atoms with van der Waals surface area (Å²) in [5.41, 5.74) is 0. The minimum absolute atomic E-state index is 0.279. The highest BCUT2D eigenvalue weighted by Crippen LogP contribution is 2.56. The summed E-state index contributed by atoms with van der Waals surface area (Å²) >= 11 is 0. The van der Waals surface area contributed by atoms with E-state index in [4.69, 9.17) is 0 Å². The number of β-amino-alcohol motifs (C(OH)–C–C–N with tert-alkyl or cyclic N) is 1. The molecule has 1 amide bonds. The van der Waals surface area contributed by atoms with Gasteiger partial charge in [-0.25, -0.2) is 0 Å². The molecule has 2 saturated carbocycles.